The second kappa shape index (κ2) is 11.6. The molecule has 0 radical (unpaired) electrons. The van der Waals surface area contributed by atoms with Crippen molar-refractivity contribution in [2.24, 2.45) is 0 Å². The number of piperazine rings is 1. The maximum absolute atomic E-state index is 10.6. The molecule has 2 aromatic rings. The molecule has 1 aliphatic rings. The highest BCUT2D eigenvalue weighted by Gasteiger charge is 2.19. The summed E-state index contributed by atoms with van der Waals surface area (Å²) in [6.45, 7) is 5.39. The van der Waals surface area contributed by atoms with E-state index in [2.05, 4.69) is 46.2 Å². The summed E-state index contributed by atoms with van der Waals surface area (Å²) in [5.41, 5.74) is 3.89. The van der Waals surface area contributed by atoms with Crippen molar-refractivity contribution >= 4 is 11.7 Å². The van der Waals surface area contributed by atoms with Crippen LogP contribution in [0.2, 0.25) is 0 Å². The number of carboxylic acids is 1. The van der Waals surface area contributed by atoms with Crippen molar-refractivity contribution in [2.75, 3.05) is 44.7 Å². The molecule has 0 atom stereocenters. The van der Waals surface area contributed by atoms with Crippen LogP contribution in [0.4, 0.5) is 5.69 Å². The molecule has 1 aliphatic heterocycles. The van der Waals surface area contributed by atoms with Gasteiger partial charge in [0.05, 0.1) is 12.8 Å². The van der Waals surface area contributed by atoms with E-state index < -0.39 is 5.97 Å². The van der Waals surface area contributed by atoms with Crippen LogP contribution in [0.1, 0.15) is 36.8 Å². The predicted molar refractivity (Wildman–Crippen MR) is 122 cm³/mol. The molecule has 1 saturated heterocycles. The molecular weight excluding hydrogens is 376 g/mol. The van der Waals surface area contributed by atoms with Gasteiger partial charge in [-0.2, -0.15) is 0 Å². The van der Waals surface area contributed by atoms with Crippen LogP contribution >= 0.6 is 0 Å². The lowest BCUT2D eigenvalue weighted by molar-refractivity contribution is -0.137. The molecule has 1 fully saturated rings. The highest BCUT2D eigenvalue weighted by Crippen LogP contribution is 2.28. The average Bonchev–Trinajstić information content (AvgIpc) is 2.78. The van der Waals surface area contributed by atoms with Crippen molar-refractivity contribution in [3.05, 3.63) is 59.7 Å². The maximum Gasteiger partial charge on any atom is 0.303 e. The Morgan fingerprint density at radius 1 is 0.900 bits per heavy atom. The summed E-state index contributed by atoms with van der Waals surface area (Å²) in [4.78, 5) is 15.5. The molecule has 3 rings (SSSR count). The number of carbonyl (C=O) groups is 1. The lowest BCUT2D eigenvalue weighted by atomic mass is 10.0. The smallest absolute Gasteiger partial charge is 0.303 e. The molecule has 0 saturated carbocycles. The molecule has 0 unspecified atom stereocenters. The fourth-order valence-corrected chi connectivity index (χ4v) is 4.09. The van der Waals surface area contributed by atoms with Gasteiger partial charge in [0.1, 0.15) is 5.75 Å². The molecule has 0 aromatic heterocycles. The van der Waals surface area contributed by atoms with Gasteiger partial charge in [0.2, 0.25) is 0 Å². The fraction of sp³-hybridized carbons (Fsp3) is 0.480. The zero-order valence-corrected chi connectivity index (χ0v) is 18.1. The van der Waals surface area contributed by atoms with Crippen molar-refractivity contribution in [1.82, 2.24) is 4.90 Å². The van der Waals surface area contributed by atoms with Crippen molar-refractivity contribution in [1.29, 1.82) is 0 Å². The van der Waals surface area contributed by atoms with E-state index in [1.807, 2.05) is 12.1 Å². The minimum atomic E-state index is -0.702. The van der Waals surface area contributed by atoms with Crippen molar-refractivity contribution in [3.8, 4) is 5.75 Å². The number of carboxylic acid groups (broad SMARTS) is 1. The Hall–Kier alpha value is -2.53. The van der Waals surface area contributed by atoms with E-state index in [0.717, 1.165) is 64.2 Å². The molecule has 0 bridgehead atoms. The second-order valence-electron chi connectivity index (χ2n) is 8.02. The number of rotatable bonds is 11. The van der Waals surface area contributed by atoms with Crippen LogP contribution in [0.3, 0.4) is 0 Å². The Balaban J connectivity index is 1.35. The summed E-state index contributed by atoms with van der Waals surface area (Å²) in [5.74, 6) is 0.253. The van der Waals surface area contributed by atoms with Crippen LogP contribution in [0.25, 0.3) is 0 Å². The molecule has 5 heteroatoms. The fourth-order valence-electron chi connectivity index (χ4n) is 4.09. The molecule has 0 amide bonds. The second-order valence-corrected chi connectivity index (χ2v) is 8.02. The standard InChI is InChI=1S/C25H34N2O3/c1-30-24-10-4-3-9-23(24)27-19-17-26(18-20-27)16-6-8-22-14-12-21(13-15-22)7-2-5-11-25(28)29/h3-4,9-10,12-15H,2,5-8,11,16-20H2,1H3,(H,28,29). The van der Waals surface area contributed by atoms with Crippen LogP contribution in [-0.4, -0.2) is 55.8 Å². The van der Waals surface area contributed by atoms with Gasteiger partial charge >= 0.3 is 5.97 Å². The number of aryl methyl sites for hydroxylation is 2. The first-order valence-electron chi connectivity index (χ1n) is 11.1. The number of unbranched alkanes of at least 4 members (excludes halogenated alkanes) is 1. The lowest BCUT2D eigenvalue weighted by Crippen LogP contribution is -2.46. The van der Waals surface area contributed by atoms with Crippen LogP contribution in [0.5, 0.6) is 5.75 Å². The van der Waals surface area contributed by atoms with E-state index in [9.17, 15) is 4.79 Å². The van der Waals surface area contributed by atoms with Crippen LogP contribution < -0.4 is 9.64 Å². The molecule has 162 valence electrons. The topological polar surface area (TPSA) is 53.0 Å². The average molecular weight is 411 g/mol. The summed E-state index contributed by atoms with van der Waals surface area (Å²) >= 11 is 0. The zero-order chi connectivity index (χ0) is 21.2. The molecule has 30 heavy (non-hydrogen) atoms. The molecule has 0 spiro atoms. The van der Waals surface area contributed by atoms with Crippen LogP contribution in [0, 0.1) is 0 Å². The van der Waals surface area contributed by atoms with Crippen molar-refractivity contribution < 1.29 is 14.6 Å². The minimum Gasteiger partial charge on any atom is -0.495 e. The number of ether oxygens (including phenoxy) is 1. The van der Waals surface area contributed by atoms with Gasteiger partial charge in [0, 0.05) is 32.6 Å². The zero-order valence-electron chi connectivity index (χ0n) is 18.1. The Bertz CT molecular complexity index is 783. The molecule has 1 heterocycles. The first-order valence-corrected chi connectivity index (χ1v) is 11.1. The van der Waals surface area contributed by atoms with Crippen LogP contribution in [0.15, 0.2) is 48.5 Å². The number of anilines is 1. The van der Waals surface area contributed by atoms with Gasteiger partial charge in [-0.25, -0.2) is 0 Å². The van der Waals surface area contributed by atoms with Crippen molar-refractivity contribution in [2.45, 2.75) is 38.5 Å². The van der Waals surface area contributed by atoms with Gasteiger partial charge in [-0.15, -0.1) is 0 Å². The summed E-state index contributed by atoms with van der Waals surface area (Å²) in [7, 11) is 1.74. The van der Waals surface area contributed by atoms with Crippen LogP contribution in [-0.2, 0) is 17.6 Å². The highest BCUT2D eigenvalue weighted by atomic mass is 16.5. The third-order valence-electron chi connectivity index (χ3n) is 5.87. The SMILES string of the molecule is COc1ccccc1N1CCN(CCCc2ccc(CCCCC(=O)O)cc2)CC1. The molecule has 0 aliphatic carbocycles. The highest BCUT2D eigenvalue weighted by molar-refractivity contribution is 5.66. The number of hydrogen-bond donors (Lipinski definition) is 1. The molecule has 5 nitrogen and oxygen atoms in total. The van der Waals surface area contributed by atoms with E-state index in [0.29, 0.717) is 0 Å². The molecule has 1 N–H and O–H groups in total. The maximum atomic E-state index is 10.6. The van der Waals surface area contributed by atoms with Gasteiger partial charge in [0.15, 0.2) is 0 Å². The Kier molecular flexibility index (Phi) is 8.57. The third-order valence-corrected chi connectivity index (χ3v) is 5.87. The van der Waals surface area contributed by atoms with Gasteiger partial charge in [-0.3, -0.25) is 9.69 Å². The Labute approximate surface area is 180 Å². The summed E-state index contributed by atoms with van der Waals surface area (Å²) < 4.78 is 5.51. The number of para-hydroxylation sites is 2. The van der Waals surface area contributed by atoms with Gasteiger partial charge < -0.3 is 14.7 Å². The van der Waals surface area contributed by atoms with Gasteiger partial charge in [-0.05, 0) is 61.9 Å². The lowest BCUT2D eigenvalue weighted by Gasteiger charge is -2.36. The van der Waals surface area contributed by atoms with Gasteiger partial charge in [-0.1, -0.05) is 36.4 Å². The Morgan fingerprint density at radius 2 is 1.53 bits per heavy atom. The summed E-state index contributed by atoms with van der Waals surface area (Å²) in [5, 5.41) is 8.70. The third kappa shape index (κ3) is 6.77. The van der Waals surface area contributed by atoms with Gasteiger partial charge in [0.25, 0.3) is 0 Å². The summed E-state index contributed by atoms with van der Waals surface area (Å²) in [6, 6.07) is 17.1. The first kappa shape index (κ1) is 22.2. The van der Waals surface area contributed by atoms with E-state index in [4.69, 9.17) is 9.84 Å². The number of aliphatic carboxylic acids is 1. The largest absolute Gasteiger partial charge is 0.495 e. The van der Waals surface area contributed by atoms with E-state index in [1.165, 1.54) is 23.2 Å². The minimum absolute atomic E-state index is 0.269. The van der Waals surface area contributed by atoms with E-state index in [1.54, 1.807) is 7.11 Å². The quantitative estimate of drug-likeness (QED) is 0.562. The monoisotopic (exact) mass is 410 g/mol. The molecular formula is C25H34N2O3. The number of benzene rings is 2. The first-order chi connectivity index (χ1) is 14.7. The number of nitrogens with zero attached hydrogens (tertiary/aromatic N) is 2. The van der Waals surface area contributed by atoms with E-state index >= 15 is 0 Å². The number of hydrogen-bond acceptors (Lipinski definition) is 4. The summed E-state index contributed by atoms with van der Waals surface area (Å²) in [6.07, 6.45) is 5.20. The Morgan fingerprint density at radius 3 is 2.17 bits per heavy atom. The van der Waals surface area contributed by atoms with E-state index in [-0.39, 0.29) is 6.42 Å². The number of methoxy groups -OCH3 is 1. The van der Waals surface area contributed by atoms with Crippen molar-refractivity contribution in [3.63, 3.8) is 0 Å². The normalized spacial score (nSPS) is 14.6. The molecule has 2 aromatic carbocycles. The predicted octanol–water partition coefficient (Wildman–Crippen LogP) is 4.25.